The Bertz CT molecular complexity index is 4440. The van der Waals surface area contributed by atoms with Crippen LogP contribution in [0.25, 0.3) is 89.7 Å². The number of ether oxygens (including phenoxy) is 4. The lowest BCUT2D eigenvalue weighted by molar-refractivity contribution is -0.118. The molecule has 0 fully saturated rings. The molecular formula is C62H44N10O6. The highest BCUT2D eigenvalue weighted by molar-refractivity contribution is 6.07. The molecule has 0 atom stereocenters. The number of aromatic nitrogens is 8. The van der Waals surface area contributed by atoms with E-state index >= 15 is 0 Å². The highest BCUT2D eigenvalue weighted by atomic mass is 16.5. The number of hydrogen-bond donors (Lipinski definition) is 4. The molecule has 13 rings (SSSR count). The van der Waals surface area contributed by atoms with Crippen LogP contribution in [0.3, 0.4) is 0 Å². The summed E-state index contributed by atoms with van der Waals surface area (Å²) < 4.78 is 25.6. The summed E-state index contributed by atoms with van der Waals surface area (Å²) in [5.41, 5.74) is 19.2. The second kappa shape index (κ2) is 19.2. The topological polar surface area (TPSA) is 232 Å². The number of carbonyl (C=O) groups is 2. The van der Waals surface area contributed by atoms with Crippen LogP contribution in [0.15, 0.2) is 170 Å². The van der Waals surface area contributed by atoms with Crippen molar-refractivity contribution in [2.75, 3.05) is 0 Å². The molecule has 16 heteroatoms. The number of amides is 2. The van der Waals surface area contributed by atoms with Crippen LogP contribution in [0.4, 0.5) is 0 Å². The lowest BCUT2D eigenvalue weighted by Crippen LogP contribution is -2.13. The largest absolute Gasteiger partial charge is 0.457 e. The van der Waals surface area contributed by atoms with E-state index in [0.29, 0.717) is 114 Å². The Morgan fingerprint density at radius 2 is 0.692 bits per heavy atom. The van der Waals surface area contributed by atoms with E-state index in [2.05, 4.69) is 9.97 Å². The Kier molecular flexibility index (Phi) is 11.6. The van der Waals surface area contributed by atoms with Crippen LogP contribution in [-0.4, -0.2) is 51.7 Å². The van der Waals surface area contributed by atoms with Crippen LogP contribution in [0, 0.1) is 13.8 Å². The molecule has 0 saturated carbocycles. The predicted octanol–water partition coefficient (Wildman–Crippen LogP) is 12.7. The van der Waals surface area contributed by atoms with Crippen LogP contribution < -0.4 is 30.4 Å². The molecule has 8 bridgehead atoms. The summed E-state index contributed by atoms with van der Waals surface area (Å²) >= 11 is 0. The third kappa shape index (κ3) is 9.41. The second-order valence-electron chi connectivity index (χ2n) is 19.1. The summed E-state index contributed by atoms with van der Waals surface area (Å²) in [5, 5.41) is 2.88. The minimum atomic E-state index is -0.421. The number of fused-ring (bicyclic) bond motifs is 20. The first-order valence-electron chi connectivity index (χ1n) is 25.0. The third-order valence-corrected chi connectivity index (χ3v) is 13.2. The molecule has 0 spiro atoms. The number of benzene rings is 8. The van der Waals surface area contributed by atoms with Gasteiger partial charge in [0.1, 0.15) is 68.6 Å². The van der Waals surface area contributed by atoms with Crippen molar-refractivity contribution in [3.8, 4) is 91.5 Å². The Labute approximate surface area is 444 Å². The normalized spacial score (nSPS) is 11.5. The summed E-state index contributed by atoms with van der Waals surface area (Å²) in [4.78, 5) is 61.6. The van der Waals surface area contributed by atoms with Crippen molar-refractivity contribution in [1.29, 1.82) is 0 Å². The van der Waals surface area contributed by atoms with Gasteiger partial charge in [0.05, 0.1) is 12.8 Å². The van der Waals surface area contributed by atoms with Gasteiger partial charge >= 0.3 is 0 Å². The van der Waals surface area contributed by atoms with E-state index in [4.69, 9.17) is 60.3 Å². The lowest BCUT2D eigenvalue weighted by atomic mass is 10.1. The Balaban J connectivity index is 1.03. The van der Waals surface area contributed by atoms with Gasteiger partial charge in [0.25, 0.3) is 0 Å². The molecule has 0 aliphatic carbocycles. The molecule has 2 amide bonds. The highest BCUT2D eigenvalue weighted by Gasteiger charge is 2.24. The van der Waals surface area contributed by atoms with E-state index in [1.54, 1.807) is 48.5 Å². The molecule has 0 radical (unpaired) electrons. The van der Waals surface area contributed by atoms with Gasteiger partial charge in [-0.3, -0.25) is 9.59 Å². The van der Waals surface area contributed by atoms with Gasteiger partial charge in [-0.25, -0.2) is 29.9 Å². The SMILES string of the molecule is Cc1cccc(Oc2ccc3c(c2)-c2nc-3nc3[nH]c(nc4nc(nc5[nH]c(n2)c2ccc(Oc6cccc(C)c6)cc52)-c2ccc(Oc5ccc(CC(N)=O)cc5)cc2-4)c2ccc(Oc4ccc(CC(N)=O)cc4)cc32)c1. The maximum Gasteiger partial charge on any atom is 0.221 e. The molecule has 0 unspecified atom stereocenters. The van der Waals surface area contributed by atoms with E-state index in [1.165, 1.54) is 0 Å². The van der Waals surface area contributed by atoms with Gasteiger partial charge in [-0.2, -0.15) is 0 Å². The summed E-state index contributed by atoms with van der Waals surface area (Å²) in [6.45, 7) is 4.04. The maximum atomic E-state index is 11.6. The maximum absolute atomic E-state index is 11.6. The molecule has 11 aromatic rings. The molecule has 6 N–H and O–H groups in total. The van der Waals surface area contributed by atoms with Crippen molar-refractivity contribution >= 4 is 55.9 Å². The number of rotatable bonds is 12. The van der Waals surface area contributed by atoms with Gasteiger partial charge in [-0.15, -0.1) is 0 Å². The number of nitrogens with one attached hydrogen (secondary N) is 2. The summed E-state index contributed by atoms with van der Waals surface area (Å²) in [7, 11) is 0. The predicted molar refractivity (Wildman–Crippen MR) is 297 cm³/mol. The number of carbonyl (C=O) groups excluding carboxylic acids is 2. The number of aryl methyl sites for hydroxylation is 2. The standard InChI is InChI=1S/C62H44N10O6/c1-33-5-3-7-39(25-33)77-43-19-23-47-51(31-43)62-70-57(47)68-60-49-29-41(75-37-13-9-35(10-14-37)27-53(63)73)17-21-45(49)55(66-60)65-59-50-30-42(76-38-15-11-36(12-16-38)28-54(64)74)18-22-46(50)56(67-59)69-61-52-32-44(20-24-48(52)58(71-61)72-62)78-40-8-4-6-34(2)26-40/h3-26,29-32H,27-28H2,1-2H3,(H2,63,73)(H2,64,74)(H2,65,66,67,68,69,70,71,72). The number of aromatic amines is 2. The number of primary amides is 2. The van der Waals surface area contributed by atoms with Crippen molar-refractivity contribution in [1.82, 2.24) is 39.9 Å². The fraction of sp³-hybridized carbons (Fsp3) is 0.0645. The molecule has 78 heavy (non-hydrogen) atoms. The summed E-state index contributed by atoms with van der Waals surface area (Å²) in [5.74, 6) is 5.40. The van der Waals surface area contributed by atoms with Gasteiger partial charge in [0.2, 0.25) is 11.8 Å². The molecule has 0 saturated heterocycles. The zero-order valence-corrected chi connectivity index (χ0v) is 41.9. The number of nitrogens with two attached hydrogens (primary N) is 2. The quantitative estimate of drug-likeness (QED) is 0.0895. The minimum absolute atomic E-state index is 0.117. The van der Waals surface area contributed by atoms with Gasteiger partial charge < -0.3 is 40.4 Å². The molecular weight excluding hydrogens is 981 g/mol. The second-order valence-corrected chi connectivity index (χ2v) is 19.1. The Hall–Kier alpha value is -10.7. The van der Waals surface area contributed by atoms with Crippen molar-refractivity contribution < 1.29 is 28.5 Å². The van der Waals surface area contributed by atoms with Gasteiger partial charge in [-0.1, -0.05) is 48.5 Å². The van der Waals surface area contributed by atoms with Gasteiger partial charge in [0.15, 0.2) is 23.3 Å². The van der Waals surface area contributed by atoms with Crippen molar-refractivity contribution in [3.63, 3.8) is 0 Å². The first kappa shape index (κ1) is 47.0. The van der Waals surface area contributed by atoms with E-state index < -0.39 is 11.8 Å². The zero-order chi connectivity index (χ0) is 53.0. The van der Waals surface area contributed by atoms with Crippen molar-refractivity contribution in [2.24, 2.45) is 11.5 Å². The Morgan fingerprint density at radius 3 is 1.09 bits per heavy atom. The number of hydrogen-bond acceptors (Lipinski definition) is 12. The van der Waals surface area contributed by atoms with E-state index in [0.717, 1.165) is 44.0 Å². The highest BCUT2D eigenvalue weighted by Crippen LogP contribution is 2.42. The number of nitrogens with zero attached hydrogens (tertiary/aromatic N) is 6. The van der Waals surface area contributed by atoms with E-state index in [1.807, 2.05) is 135 Å². The number of H-pyrrole nitrogens is 2. The third-order valence-electron chi connectivity index (χ3n) is 13.2. The van der Waals surface area contributed by atoms with E-state index in [-0.39, 0.29) is 12.8 Å². The average molecular weight is 1030 g/mol. The fourth-order valence-corrected chi connectivity index (χ4v) is 9.62. The van der Waals surface area contributed by atoms with Gasteiger partial charge in [0, 0.05) is 43.8 Å². The smallest absolute Gasteiger partial charge is 0.221 e. The minimum Gasteiger partial charge on any atom is -0.457 e. The fourth-order valence-electron chi connectivity index (χ4n) is 9.62. The molecule has 16 nitrogen and oxygen atoms in total. The van der Waals surface area contributed by atoms with Crippen LogP contribution >= 0.6 is 0 Å². The van der Waals surface area contributed by atoms with Gasteiger partial charge in [-0.05, 0) is 157 Å². The van der Waals surface area contributed by atoms with Crippen LogP contribution in [-0.2, 0) is 22.4 Å². The first-order valence-corrected chi connectivity index (χ1v) is 25.0. The molecule has 5 heterocycles. The Morgan fingerprint density at radius 1 is 0.359 bits per heavy atom. The van der Waals surface area contributed by atoms with Crippen LogP contribution in [0.2, 0.25) is 0 Å². The zero-order valence-electron chi connectivity index (χ0n) is 41.9. The summed E-state index contributed by atoms with van der Waals surface area (Å²) in [6, 6.07) is 53.0. The lowest BCUT2D eigenvalue weighted by Gasteiger charge is -2.08. The first-order chi connectivity index (χ1) is 38.0. The van der Waals surface area contributed by atoms with Crippen molar-refractivity contribution in [2.45, 2.75) is 26.7 Å². The van der Waals surface area contributed by atoms with Crippen molar-refractivity contribution in [3.05, 3.63) is 192 Å². The van der Waals surface area contributed by atoms with E-state index in [9.17, 15) is 9.59 Å². The van der Waals surface area contributed by atoms with Crippen LogP contribution in [0.5, 0.6) is 46.0 Å². The van der Waals surface area contributed by atoms with Crippen LogP contribution in [0.1, 0.15) is 22.3 Å². The average Bonchev–Trinajstić information content (AvgIpc) is 4.35. The molecule has 2 aliphatic heterocycles. The summed E-state index contributed by atoms with van der Waals surface area (Å²) in [6.07, 6.45) is 0.234. The molecule has 378 valence electrons. The molecule has 2 aliphatic rings. The monoisotopic (exact) mass is 1020 g/mol. The molecule has 3 aromatic heterocycles. The molecule has 8 aromatic carbocycles.